The highest BCUT2D eigenvalue weighted by Crippen LogP contribution is 2.31. The summed E-state index contributed by atoms with van der Waals surface area (Å²) in [5.41, 5.74) is 3.12. The number of aromatic amines is 1. The summed E-state index contributed by atoms with van der Waals surface area (Å²) in [5, 5.41) is 15.8. The fourth-order valence-electron chi connectivity index (χ4n) is 1.85. The normalized spacial score (nSPS) is 10.5. The van der Waals surface area contributed by atoms with Gasteiger partial charge in [-0.15, -0.1) is 0 Å². The number of nitrogens with zero attached hydrogens (tertiary/aromatic N) is 1. The van der Waals surface area contributed by atoms with E-state index >= 15 is 0 Å². The van der Waals surface area contributed by atoms with Crippen molar-refractivity contribution in [2.45, 2.75) is 13.3 Å². The Balaban J connectivity index is 2.39. The van der Waals surface area contributed by atoms with Crippen LogP contribution in [0.5, 0.6) is 5.75 Å². The molecule has 0 aliphatic heterocycles. The summed E-state index contributed by atoms with van der Waals surface area (Å²) in [6.45, 7) is 1.86. The highest BCUT2D eigenvalue weighted by atomic mass is 79.9. The number of aromatic nitrogens is 2. The van der Waals surface area contributed by atoms with Gasteiger partial charge < -0.3 is 9.84 Å². The van der Waals surface area contributed by atoms with Crippen LogP contribution in [0.1, 0.15) is 11.3 Å². The Hall–Kier alpha value is -1.82. The summed E-state index contributed by atoms with van der Waals surface area (Å²) in [6.07, 6.45) is -0.0594. The lowest BCUT2D eigenvalue weighted by Gasteiger charge is -2.05. The molecule has 19 heavy (non-hydrogen) atoms. The van der Waals surface area contributed by atoms with Crippen LogP contribution in [-0.4, -0.2) is 28.4 Å². The SMILES string of the molecule is COc1ccc(-c2n[nH]c(CC(=O)O)c2C)cc1Br. The summed E-state index contributed by atoms with van der Waals surface area (Å²) in [5.74, 6) is -0.142. The summed E-state index contributed by atoms with van der Waals surface area (Å²) >= 11 is 3.42. The van der Waals surface area contributed by atoms with E-state index in [-0.39, 0.29) is 6.42 Å². The van der Waals surface area contributed by atoms with Crippen LogP contribution in [0.3, 0.4) is 0 Å². The van der Waals surface area contributed by atoms with Crippen molar-refractivity contribution in [3.63, 3.8) is 0 Å². The molecule has 2 rings (SSSR count). The first-order valence-electron chi connectivity index (χ1n) is 5.62. The van der Waals surface area contributed by atoms with Gasteiger partial charge in [-0.05, 0) is 46.6 Å². The van der Waals surface area contributed by atoms with Crippen molar-refractivity contribution in [2.24, 2.45) is 0 Å². The molecule has 0 fully saturated rings. The minimum absolute atomic E-state index is 0.0594. The Bertz CT molecular complexity index is 622. The smallest absolute Gasteiger partial charge is 0.309 e. The van der Waals surface area contributed by atoms with Crippen LogP contribution in [0.4, 0.5) is 0 Å². The Labute approximate surface area is 118 Å². The number of benzene rings is 1. The fraction of sp³-hybridized carbons (Fsp3) is 0.231. The number of ether oxygens (including phenoxy) is 1. The predicted octanol–water partition coefficient (Wildman–Crippen LogP) is 2.78. The van der Waals surface area contributed by atoms with E-state index in [1.165, 1.54) is 0 Å². The molecule has 100 valence electrons. The van der Waals surface area contributed by atoms with Crippen LogP contribution < -0.4 is 4.74 Å². The number of halogens is 1. The van der Waals surface area contributed by atoms with E-state index in [0.29, 0.717) is 5.69 Å². The Kier molecular flexibility index (Phi) is 3.90. The quantitative estimate of drug-likeness (QED) is 0.906. The van der Waals surface area contributed by atoms with Gasteiger partial charge in [0.1, 0.15) is 5.75 Å². The number of hydrogen-bond acceptors (Lipinski definition) is 3. The van der Waals surface area contributed by atoms with Gasteiger partial charge in [0.2, 0.25) is 0 Å². The molecule has 0 saturated heterocycles. The van der Waals surface area contributed by atoms with Crippen LogP contribution in [0.15, 0.2) is 22.7 Å². The molecular formula is C13H13BrN2O3. The summed E-state index contributed by atoms with van der Waals surface area (Å²) < 4.78 is 6.00. The predicted molar refractivity (Wildman–Crippen MR) is 74.4 cm³/mol. The molecule has 0 spiro atoms. The van der Waals surface area contributed by atoms with Gasteiger partial charge in [-0.1, -0.05) is 0 Å². The van der Waals surface area contributed by atoms with Gasteiger partial charge in [-0.2, -0.15) is 5.10 Å². The van der Waals surface area contributed by atoms with Crippen molar-refractivity contribution in [1.82, 2.24) is 10.2 Å². The summed E-state index contributed by atoms with van der Waals surface area (Å²) in [4.78, 5) is 10.7. The van der Waals surface area contributed by atoms with Crippen LogP contribution in [0.2, 0.25) is 0 Å². The van der Waals surface area contributed by atoms with Crippen LogP contribution in [0.25, 0.3) is 11.3 Å². The Morgan fingerprint density at radius 3 is 2.84 bits per heavy atom. The van der Waals surface area contributed by atoms with E-state index in [9.17, 15) is 4.79 Å². The largest absolute Gasteiger partial charge is 0.496 e. The number of methoxy groups -OCH3 is 1. The number of rotatable bonds is 4. The van der Waals surface area contributed by atoms with Gasteiger partial charge in [0.05, 0.1) is 23.7 Å². The molecule has 1 heterocycles. The maximum absolute atomic E-state index is 10.7. The maximum Gasteiger partial charge on any atom is 0.309 e. The molecule has 1 aromatic heterocycles. The fourth-order valence-corrected chi connectivity index (χ4v) is 2.39. The molecule has 0 radical (unpaired) electrons. The number of carbonyl (C=O) groups is 1. The molecule has 6 heteroatoms. The van der Waals surface area contributed by atoms with Crippen molar-refractivity contribution in [2.75, 3.05) is 7.11 Å². The number of hydrogen-bond donors (Lipinski definition) is 2. The highest BCUT2D eigenvalue weighted by Gasteiger charge is 2.14. The highest BCUT2D eigenvalue weighted by molar-refractivity contribution is 9.10. The average molecular weight is 325 g/mol. The molecule has 1 aromatic carbocycles. The van der Waals surface area contributed by atoms with Crippen LogP contribution in [-0.2, 0) is 11.2 Å². The number of aliphatic carboxylic acids is 1. The third-order valence-corrected chi connectivity index (χ3v) is 3.48. The topological polar surface area (TPSA) is 75.2 Å². The zero-order valence-corrected chi connectivity index (χ0v) is 12.1. The second kappa shape index (κ2) is 5.44. The van der Waals surface area contributed by atoms with Gasteiger partial charge in [0.15, 0.2) is 0 Å². The molecule has 0 amide bonds. The van der Waals surface area contributed by atoms with Gasteiger partial charge in [-0.3, -0.25) is 9.89 Å². The van der Waals surface area contributed by atoms with E-state index in [2.05, 4.69) is 26.1 Å². The maximum atomic E-state index is 10.7. The van der Waals surface area contributed by atoms with Crippen molar-refractivity contribution >= 4 is 21.9 Å². The molecule has 0 unspecified atom stereocenters. The van der Waals surface area contributed by atoms with Gasteiger partial charge in [0, 0.05) is 11.3 Å². The van der Waals surface area contributed by atoms with E-state index in [4.69, 9.17) is 9.84 Å². The molecule has 5 nitrogen and oxygen atoms in total. The van der Waals surface area contributed by atoms with Crippen LogP contribution in [0, 0.1) is 6.92 Å². The first-order chi connectivity index (χ1) is 9.02. The molecule has 0 aliphatic carbocycles. The van der Waals surface area contributed by atoms with Crippen molar-refractivity contribution in [3.05, 3.63) is 33.9 Å². The van der Waals surface area contributed by atoms with Crippen molar-refractivity contribution < 1.29 is 14.6 Å². The lowest BCUT2D eigenvalue weighted by atomic mass is 10.1. The number of carboxylic acid groups (broad SMARTS) is 1. The monoisotopic (exact) mass is 324 g/mol. The van der Waals surface area contributed by atoms with Crippen molar-refractivity contribution in [3.8, 4) is 17.0 Å². The van der Waals surface area contributed by atoms with Gasteiger partial charge >= 0.3 is 5.97 Å². The minimum Gasteiger partial charge on any atom is -0.496 e. The molecule has 0 saturated carbocycles. The summed E-state index contributed by atoms with van der Waals surface area (Å²) in [7, 11) is 1.60. The van der Waals surface area contributed by atoms with Gasteiger partial charge in [0.25, 0.3) is 0 Å². The first kappa shape index (κ1) is 13.6. The van der Waals surface area contributed by atoms with E-state index in [1.807, 2.05) is 25.1 Å². The number of H-pyrrole nitrogens is 1. The second-order valence-electron chi connectivity index (χ2n) is 4.10. The lowest BCUT2D eigenvalue weighted by Crippen LogP contribution is -2.01. The molecule has 0 aliphatic rings. The molecule has 0 bridgehead atoms. The molecule has 0 atom stereocenters. The zero-order chi connectivity index (χ0) is 14.0. The third-order valence-electron chi connectivity index (χ3n) is 2.86. The average Bonchev–Trinajstić information content (AvgIpc) is 2.70. The number of carboxylic acids is 1. The molecule has 2 N–H and O–H groups in total. The lowest BCUT2D eigenvalue weighted by molar-refractivity contribution is -0.136. The minimum atomic E-state index is -0.880. The molecule has 2 aromatic rings. The van der Waals surface area contributed by atoms with Crippen LogP contribution >= 0.6 is 15.9 Å². The Morgan fingerprint density at radius 2 is 2.26 bits per heavy atom. The standard InChI is InChI=1S/C13H13BrN2O3/c1-7-10(6-12(17)18)15-16-13(7)8-3-4-11(19-2)9(14)5-8/h3-5H,6H2,1-2H3,(H,15,16)(H,17,18). The second-order valence-corrected chi connectivity index (χ2v) is 4.95. The number of nitrogens with one attached hydrogen (secondary N) is 1. The third kappa shape index (κ3) is 2.78. The van der Waals surface area contributed by atoms with E-state index in [0.717, 1.165) is 27.0 Å². The van der Waals surface area contributed by atoms with E-state index < -0.39 is 5.97 Å². The van der Waals surface area contributed by atoms with Crippen molar-refractivity contribution in [1.29, 1.82) is 0 Å². The van der Waals surface area contributed by atoms with E-state index in [1.54, 1.807) is 7.11 Å². The van der Waals surface area contributed by atoms with Gasteiger partial charge in [-0.25, -0.2) is 0 Å². The molecular weight excluding hydrogens is 312 g/mol. The Morgan fingerprint density at radius 1 is 1.53 bits per heavy atom. The summed E-state index contributed by atoms with van der Waals surface area (Å²) in [6, 6.07) is 5.62. The first-order valence-corrected chi connectivity index (χ1v) is 6.41. The zero-order valence-electron chi connectivity index (χ0n) is 10.5.